The molecule has 4 heterocycles. The minimum atomic E-state index is -2.00. The first-order valence-corrected chi connectivity index (χ1v) is 44.3. The lowest BCUT2D eigenvalue weighted by atomic mass is 9.97. The number of benzene rings is 5. The Morgan fingerprint density at radius 1 is 0.515 bits per heavy atom. The van der Waals surface area contributed by atoms with Gasteiger partial charge in [-0.15, -0.1) is 11.8 Å². The van der Waals surface area contributed by atoms with E-state index in [0.717, 1.165) is 43.7 Å². The van der Waals surface area contributed by atoms with Crippen LogP contribution in [0.1, 0.15) is 113 Å². The zero-order valence-electron chi connectivity index (χ0n) is 73.6. The van der Waals surface area contributed by atoms with Crippen molar-refractivity contribution in [1.29, 1.82) is 0 Å². The number of rotatable bonds is 22. The second kappa shape index (κ2) is 47.9. The highest BCUT2D eigenvalue weighted by molar-refractivity contribution is 8.00. The van der Waals surface area contributed by atoms with Crippen LogP contribution in [0.5, 0.6) is 5.75 Å². The second-order valence-corrected chi connectivity index (χ2v) is 34.2. The maximum atomic E-state index is 15.6. The van der Waals surface area contributed by atoms with Gasteiger partial charge in [0.15, 0.2) is 17.5 Å². The fourth-order valence-electron chi connectivity index (χ4n) is 16.0. The molecule has 3 fully saturated rings. The van der Waals surface area contributed by atoms with E-state index < -0.39 is 271 Å². The van der Waals surface area contributed by atoms with E-state index >= 15 is 51.9 Å². The van der Waals surface area contributed by atoms with Crippen LogP contribution in [-0.2, 0) is 114 Å². The van der Waals surface area contributed by atoms with Crippen molar-refractivity contribution in [2.45, 2.75) is 196 Å². The number of nitrogens with two attached hydrogens (primary N) is 2. The Labute approximate surface area is 761 Å². The first-order valence-electron chi connectivity index (χ1n) is 43.1. The molecule has 132 heavy (non-hydrogen) atoms. The number of phenols is 1. The van der Waals surface area contributed by atoms with Crippen LogP contribution in [0.4, 0.5) is 17.6 Å². The molecule has 0 unspecified atom stereocenters. The zero-order valence-corrected chi connectivity index (χ0v) is 74.4. The standard InChI is InChI=1S/C90H111F4N17O20S/c1-7-8-21-69-89(130)111-33-16-23-68(111)84(125)102-62(41-74(115)116)81(122)106-77(48(2)3)90(131)108(5)70(38-49-17-10-9-11-18-49)85(126)103-64(42-75(117)118)87(128)110-32-15-14-22-67(110)83(124)101-61(40-53-44-97-59-20-13-12-19-56(53)59)80(121)100-60(36-50-26-30-55(112)31-27-50)79(120)104-65(43-95)82(123)105-66(78(119)98-45-72(96)113)46-132-47-73(114)99-63(37-52-34-57(92)76(94)58(93)35-52)86(127)109(6)71(88(129)107(69)4)39-51-24-28-54(91)29-25-51/h9-13,17-20,24-31,34-35,44,48,60-71,77,97,112H,7-8,14-16,21-23,32-33,36-43,45-47,95H2,1-6H3,(H2,96,113)(H,98,119)(H,99,114)(H,100,121)(H,101,124)(H,102,125)(H,103,126)(H,104,120)(H,105,123)(H,106,122)(H,115,116)(H,117,118)/t60-,61-,62-,63-,64-,65-,66-,67+,68+,69-,70-,71-,77-/m0/s1. The second-order valence-electron chi connectivity index (χ2n) is 33.2. The van der Waals surface area contributed by atoms with Crippen molar-refractivity contribution in [2.75, 3.05) is 58.8 Å². The molecule has 3 aliphatic heterocycles. The number of primary amides is 1. The number of aliphatic carboxylic acids is 2. The summed E-state index contributed by atoms with van der Waals surface area (Å²) in [7, 11) is 3.51. The molecule has 1 aromatic heterocycles. The summed E-state index contributed by atoms with van der Waals surface area (Å²) in [6, 6.07) is 3.54. The van der Waals surface area contributed by atoms with Gasteiger partial charge in [-0.1, -0.05) is 106 Å². The maximum absolute atomic E-state index is 15.6. The summed E-state index contributed by atoms with van der Waals surface area (Å²) in [6.45, 7) is 2.83. The first kappa shape index (κ1) is 102. The van der Waals surface area contributed by atoms with E-state index in [2.05, 4.69) is 52.8 Å². The largest absolute Gasteiger partial charge is 0.508 e. The molecule has 0 spiro atoms. The average Bonchev–Trinajstić information content (AvgIpc) is 1.60. The summed E-state index contributed by atoms with van der Waals surface area (Å²) in [5.41, 5.74) is 13.1. The van der Waals surface area contributed by atoms with Crippen LogP contribution in [0.3, 0.4) is 0 Å². The molecule has 0 aliphatic carbocycles. The van der Waals surface area contributed by atoms with E-state index in [1.807, 2.05) is 0 Å². The molecule has 15 amide bonds. The third-order valence-corrected chi connectivity index (χ3v) is 24.3. The zero-order chi connectivity index (χ0) is 96.5. The molecule has 6 aromatic rings. The number of likely N-dealkylation sites (N-methyl/N-ethyl adjacent to an activating group) is 3. The molecular weight excluding hydrogens is 1750 g/mol. The highest BCUT2D eigenvalue weighted by Crippen LogP contribution is 2.29. The number of thioether (sulfide) groups is 1. The molecule has 5 aromatic carbocycles. The van der Waals surface area contributed by atoms with Gasteiger partial charge in [-0.2, -0.15) is 0 Å². The lowest BCUT2D eigenvalue weighted by Gasteiger charge is -2.38. The van der Waals surface area contributed by atoms with Gasteiger partial charge in [0.25, 0.3) is 0 Å². The number of carbonyl (C=O) groups is 17. The number of hydrogen-bond donors (Lipinski definition) is 15. The molecule has 710 valence electrons. The van der Waals surface area contributed by atoms with Gasteiger partial charge in [-0.3, -0.25) is 81.5 Å². The van der Waals surface area contributed by atoms with Gasteiger partial charge < -0.3 is 104 Å². The van der Waals surface area contributed by atoms with Crippen LogP contribution in [0, 0.1) is 29.2 Å². The lowest BCUT2D eigenvalue weighted by molar-refractivity contribution is -0.152. The smallest absolute Gasteiger partial charge is 0.305 e. The van der Waals surface area contributed by atoms with Gasteiger partial charge in [0.2, 0.25) is 88.6 Å². The normalized spacial score (nSPS) is 23.7. The number of carboxylic acids is 2. The Balaban J connectivity index is 1.13. The number of nitrogens with one attached hydrogen (secondary N) is 10. The van der Waals surface area contributed by atoms with E-state index in [-0.39, 0.29) is 82.2 Å². The number of nitrogens with zero attached hydrogens (tertiary/aromatic N) is 5. The van der Waals surface area contributed by atoms with Crippen LogP contribution in [0.15, 0.2) is 121 Å². The molecule has 37 nitrogen and oxygen atoms in total. The van der Waals surface area contributed by atoms with Gasteiger partial charge in [-0.25, -0.2) is 17.6 Å². The number of phenolic OH excluding ortho intramolecular Hbond substituents is 1. The third-order valence-electron chi connectivity index (χ3n) is 23.2. The topological polar surface area (TPSA) is 543 Å². The summed E-state index contributed by atoms with van der Waals surface area (Å²) in [4.78, 5) is 257. The van der Waals surface area contributed by atoms with Crippen molar-refractivity contribution < 1.29 is 114 Å². The Bertz CT molecular complexity index is 5190. The molecule has 0 radical (unpaired) electrons. The number of piperidine rings is 1. The van der Waals surface area contributed by atoms with Crippen LogP contribution in [-0.4, -0.2) is 283 Å². The number of fused-ring (bicyclic) bond motifs is 3. The van der Waals surface area contributed by atoms with Crippen molar-refractivity contribution in [1.82, 2.24) is 77.3 Å². The Morgan fingerprint density at radius 3 is 1.66 bits per heavy atom. The molecule has 17 N–H and O–H groups in total. The van der Waals surface area contributed by atoms with Crippen molar-refractivity contribution in [2.24, 2.45) is 17.4 Å². The fraction of sp³-hybridized carbons (Fsp3) is 0.456. The number of H-pyrrole nitrogens is 1. The monoisotopic (exact) mass is 1860 g/mol. The number of halogens is 4. The van der Waals surface area contributed by atoms with E-state index in [4.69, 9.17) is 11.5 Å². The molecule has 0 saturated carbocycles. The maximum Gasteiger partial charge on any atom is 0.305 e. The van der Waals surface area contributed by atoms with Crippen LogP contribution >= 0.6 is 11.8 Å². The van der Waals surface area contributed by atoms with E-state index in [1.165, 1.54) is 64.3 Å². The van der Waals surface area contributed by atoms with E-state index in [1.54, 1.807) is 67.7 Å². The van der Waals surface area contributed by atoms with Crippen LogP contribution in [0.25, 0.3) is 10.9 Å². The van der Waals surface area contributed by atoms with E-state index in [0.29, 0.717) is 57.9 Å². The fourth-order valence-corrected chi connectivity index (χ4v) is 16.9. The highest BCUT2D eigenvalue weighted by atomic mass is 32.2. The van der Waals surface area contributed by atoms with Gasteiger partial charge in [0, 0.05) is 95.7 Å². The number of carbonyl (C=O) groups excluding carboxylic acids is 15. The average molecular weight is 1860 g/mol. The molecule has 3 saturated heterocycles. The number of unbranched alkanes of at least 4 members (excludes halogenated alkanes) is 1. The molecule has 42 heteroatoms. The predicted octanol–water partition coefficient (Wildman–Crippen LogP) is 0.777. The minimum Gasteiger partial charge on any atom is -0.508 e. The molecular formula is C90H111F4N17O20S. The van der Waals surface area contributed by atoms with Crippen molar-refractivity contribution in [3.63, 3.8) is 0 Å². The summed E-state index contributed by atoms with van der Waals surface area (Å²) in [5.74, 6) is -27.8. The number of para-hydroxylation sites is 1. The van der Waals surface area contributed by atoms with Gasteiger partial charge >= 0.3 is 11.9 Å². The summed E-state index contributed by atoms with van der Waals surface area (Å²) >= 11 is 0.599. The Morgan fingerprint density at radius 2 is 1.03 bits per heavy atom. The van der Waals surface area contributed by atoms with Gasteiger partial charge in [0.1, 0.15) is 90.1 Å². The number of aromatic nitrogens is 1. The van der Waals surface area contributed by atoms with Crippen LogP contribution in [0.2, 0.25) is 0 Å². The Kier molecular flexibility index (Phi) is 37.0. The van der Waals surface area contributed by atoms with Gasteiger partial charge in [-0.05, 0) is 115 Å². The van der Waals surface area contributed by atoms with Crippen molar-refractivity contribution in [3.8, 4) is 5.75 Å². The number of carboxylic acid groups (broad SMARTS) is 2. The summed E-state index contributed by atoms with van der Waals surface area (Å²) in [5, 5.41) is 54.3. The third kappa shape index (κ3) is 27.8. The Hall–Kier alpha value is -13.5. The quantitative estimate of drug-likeness (QED) is 0.0330. The van der Waals surface area contributed by atoms with Crippen molar-refractivity contribution >= 4 is 123 Å². The number of aromatic hydroxyl groups is 1. The predicted molar refractivity (Wildman–Crippen MR) is 471 cm³/mol. The first-order chi connectivity index (χ1) is 62.7. The molecule has 9 rings (SSSR count). The lowest BCUT2D eigenvalue weighted by Crippen LogP contribution is -2.63. The molecule has 3 aliphatic rings. The number of aromatic amines is 1. The van der Waals surface area contributed by atoms with Crippen molar-refractivity contribution in [3.05, 3.63) is 173 Å². The van der Waals surface area contributed by atoms with E-state index in [9.17, 15) is 62.5 Å². The molecule has 13 atom stereocenters. The van der Waals surface area contributed by atoms with Gasteiger partial charge in [0.05, 0.1) is 25.1 Å². The molecule has 0 bridgehead atoms. The number of hydrogen-bond acceptors (Lipinski definition) is 20. The minimum absolute atomic E-state index is 0.0939. The summed E-state index contributed by atoms with van der Waals surface area (Å²) < 4.78 is 59.6. The number of amides is 15. The SMILES string of the molecule is CCCC[C@H]1C(=O)N2CCC[C@@H]2C(=O)N[C@@H](CC(=O)O)C(=O)N[C@@H](C(C)C)C(=O)N(C)[C@@H](Cc2ccccc2)C(=O)N[C@@H](CC(=O)O)C(=O)N2CCCC[C@@H]2C(=O)N[C@@H](Cc2c[nH]c3ccccc23)C(=O)N[C@@H](Cc2ccc(O)cc2)C(=O)N[C@@H](CN)C(=O)N[C@H](C(=O)NCC(N)=O)CSCC(=O)N[C@@H](Cc2cc(F)c(F)c(F)c2)C(=O)N(C)[C@@H](Cc2ccc(F)cc2)C(=O)N1C. The summed E-state index contributed by atoms with van der Waals surface area (Å²) in [6.07, 6.45) is -2.08. The van der Waals surface area contributed by atoms with Crippen LogP contribution < -0.4 is 59.3 Å². The highest BCUT2D eigenvalue weighted by Gasteiger charge is 2.46.